The van der Waals surface area contributed by atoms with Crippen molar-refractivity contribution in [2.45, 2.75) is 63.2 Å². The molecule has 0 N–H and O–H groups in total. The lowest BCUT2D eigenvalue weighted by Gasteiger charge is -2.16. The molecule has 3 aromatic rings. The van der Waals surface area contributed by atoms with Gasteiger partial charge in [0.15, 0.2) is 0 Å². The van der Waals surface area contributed by atoms with Gasteiger partial charge in [0.05, 0.1) is 7.11 Å². The average Bonchev–Trinajstić information content (AvgIpc) is 3.33. The van der Waals surface area contributed by atoms with Crippen LogP contribution in [0.5, 0.6) is 5.75 Å². The molecule has 0 amide bonds. The second-order valence-electron chi connectivity index (χ2n) is 9.27. The first-order valence-corrected chi connectivity index (χ1v) is 11.9. The average molecular weight is 427 g/mol. The minimum absolute atomic E-state index is 0.299. The quantitative estimate of drug-likeness (QED) is 0.334. The van der Waals surface area contributed by atoms with E-state index in [-0.39, 0.29) is 0 Å². The zero-order valence-corrected chi connectivity index (χ0v) is 19.3. The molecule has 1 saturated carbocycles. The Labute approximate surface area is 192 Å². The van der Waals surface area contributed by atoms with E-state index >= 15 is 0 Å². The Morgan fingerprint density at radius 3 is 2.03 bits per heavy atom. The minimum atomic E-state index is 0.299. The molecule has 0 heterocycles. The number of methoxy groups -OCH3 is 1. The van der Waals surface area contributed by atoms with Gasteiger partial charge in [-0.3, -0.25) is 0 Å². The summed E-state index contributed by atoms with van der Waals surface area (Å²) in [5.74, 6) is 2.51. The molecular weight excluding hydrogens is 392 g/mol. The number of hydrogen-bond acceptors (Lipinski definition) is 2. The molecule has 3 aromatic carbocycles. The van der Waals surface area contributed by atoms with E-state index in [0.29, 0.717) is 24.2 Å². The third-order valence-electron chi connectivity index (χ3n) is 7.18. The van der Waals surface area contributed by atoms with Gasteiger partial charge >= 0.3 is 0 Å². The summed E-state index contributed by atoms with van der Waals surface area (Å²) < 4.78 is 5.29. The van der Waals surface area contributed by atoms with Gasteiger partial charge in [-0.25, -0.2) is 0 Å². The van der Waals surface area contributed by atoms with Crippen molar-refractivity contribution in [2.24, 2.45) is 0 Å². The standard InChI is InChI=1S/C30H34O2/c1-22-3-8-24(9-4-22)27(19-20-31)12-7-23-5-10-25(11-6-23)28-13-14-29(21-28)26-15-17-30(32-2)18-16-26/h3-6,8-11,15-18,20,27-29H,7,12-14,19,21H2,1-2H3. The Bertz CT molecular complexity index is 987. The molecule has 0 aromatic heterocycles. The van der Waals surface area contributed by atoms with Crippen LogP contribution >= 0.6 is 0 Å². The Morgan fingerprint density at radius 2 is 1.47 bits per heavy atom. The molecule has 0 saturated heterocycles. The molecule has 166 valence electrons. The second-order valence-corrected chi connectivity index (χ2v) is 9.27. The summed E-state index contributed by atoms with van der Waals surface area (Å²) in [4.78, 5) is 11.2. The zero-order chi connectivity index (χ0) is 22.3. The van der Waals surface area contributed by atoms with Crippen LogP contribution in [-0.4, -0.2) is 13.4 Å². The number of benzene rings is 3. The van der Waals surface area contributed by atoms with Crippen molar-refractivity contribution in [3.05, 3.63) is 101 Å². The number of aldehydes is 1. The van der Waals surface area contributed by atoms with Gasteiger partial charge in [0.25, 0.3) is 0 Å². The van der Waals surface area contributed by atoms with Gasteiger partial charge in [-0.1, -0.05) is 66.2 Å². The van der Waals surface area contributed by atoms with Gasteiger partial charge in [0.2, 0.25) is 0 Å². The van der Waals surface area contributed by atoms with Crippen LogP contribution < -0.4 is 4.74 Å². The number of aryl methyl sites for hydroxylation is 2. The predicted molar refractivity (Wildman–Crippen MR) is 132 cm³/mol. The van der Waals surface area contributed by atoms with Crippen LogP contribution in [0.1, 0.15) is 77.7 Å². The highest BCUT2D eigenvalue weighted by atomic mass is 16.5. The van der Waals surface area contributed by atoms with Crippen LogP contribution in [0.4, 0.5) is 0 Å². The third-order valence-corrected chi connectivity index (χ3v) is 7.18. The van der Waals surface area contributed by atoms with Crippen molar-refractivity contribution in [1.29, 1.82) is 0 Å². The first-order valence-electron chi connectivity index (χ1n) is 11.9. The zero-order valence-electron chi connectivity index (χ0n) is 19.3. The van der Waals surface area contributed by atoms with Crippen molar-refractivity contribution < 1.29 is 9.53 Å². The number of ether oxygens (including phenoxy) is 1. The SMILES string of the molecule is COc1ccc(C2CCC(c3ccc(CCC(CC=O)c4ccc(C)cc4)cc3)C2)cc1. The summed E-state index contributed by atoms with van der Waals surface area (Å²) in [6, 6.07) is 26.5. The first-order chi connectivity index (χ1) is 15.7. The highest BCUT2D eigenvalue weighted by molar-refractivity contribution is 5.51. The van der Waals surface area contributed by atoms with Gasteiger partial charge in [-0.2, -0.15) is 0 Å². The molecule has 2 heteroatoms. The largest absolute Gasteiger partial charge is 0.497 e. The van der Waals surface area contributed by atoms with Gasteiger partial charge in [0.1, 0.15) is 12.0 Å². The molecule has 3 atom stereocenters. The molecule has 0 spiro atoms. The lowest BCUT2D eigenvalue weighted by atomic mass is 9.88. The molecule has 2 nitrogen and oxygen atoms in total. The van der Waals surface area contributed by atoms with E-state index in [0.717, 1.165) is 24.9 Å². The van der Waals surface area contributed by atoms with Gasteiger partial charge in [-0.05, 0) is 91.2 Å². The molecule has 0 aliphatic heterocycles. The summed E-state index contributed by atoms with van der Waals surface area (Å²) in [6.45, 7) is 2.10. The van der Waals surface area contributed by atoms with Crippen molar-refractivity contribution in [1.82, 2.24) is 0 Å². The lowest BCUT2D eigenvalue weighted by molar-refractivity contribution is -0.108. The summed E-state index contributed by atoms with van der Waals surface area (Å²) in [6.07, 6.45) is 7.40. The fourth-order valence-corrected chi connectivity index (χ4v) is 5.14. The van der Waals surface area contributed by atoms with Gasteiger partial charge < -0.3 is 9.53 Å². The van der Waals surface area contributed by atoms with Crippen LogP contribution in [-0.2, 0) is 11.2 Å². The van der Waals surface area contributed by atoms with Crippen LogP contribution in [0, 0.1) is 6.92 Å². The summed E-state index contributed by atoms with van der Waals surface area (Å²) in [5, 5.41) is 0. The topological polar surface area (TPSA) is 26.3 Å². The molecule has 1 aliphatic carbocycles. The van der Waals surface area contributed by atoms with Crippen molar-refractivity contribution >= 4 is 6.29 Å². The Morgan fingerprint density at radius 1 is 0.875 bits per heavy atom. The van der Waals surface area contributed by atoms with Crippen molar-refractivity contribution in [3.63, 3.8) is 0 Å². The lowest BCUT2D eigenvalue weighted by Crippen LogP contribution is -2.02. The maximum absolute atomic E-state index is 11.2. The molecule has 0 radical (unpaired) electrons. The summed E-state index contributed by atoms with van der Waals surface area (Å²) in [7, 11) is 1.72. The van der Waals surface area contributed by atoms with Crippen molar-refractivity contribution in [2.75, 3.05) is 7.11 Å². The third kappa shape index (κ3) is 5.48. The van der Waals surface area contributed by atoms with E-state index in [4.69, 9.17) is 4.74 Å². The maximum Gasteiger partial charge on any atom is 0.120 e. The molecule has 0 bridgehead atoms. The fraction of sp³-hybridized carbons (Fsp3) is 0.367. The van der Waals surface area contributed by atoms with E-state index in [1.54, 1.807) is 7.11 Å². The Balaban J connectivity index is 1.34. The predicted octanol–water partition coefficient (Wildman–Crippen LogP) is 7.36. The molecule has 1 fully saturated rings. The number of carbonyl (C=O) groups excluding carboxylic acids is 1. The van der Waals surface area contributed by atoms with Crippen LogP contribution in [0.25, 0.3) is 0 Å². The highest BCUT2D eigenvalue weighted by Gasteiger charge is 2.27. The molecule has 4 rings (SSSR count). The van der Waals surface area contributed by atoms with E-state index in [2.05, 4.69) is 79.7 Å². The smallest absolute Gasteiger partial charge is 0.120 e. The van der Waals surface area contributed by atoms with E-state index in [1.165, 1.54) is 47.1 Å². The van der Waals surface area contributed by atoms with Gasteiger partial charge in [-0.15, -0.1) is 0 Å². The van der Waals surface area contributed by atoms with Crippen LogP contribution in [0.3, 0.4) is 0 Å². The Kier molecular flexibility index (Phi) is 7.42. The van der Waals surface area contributed by atoms with Crippen LogP contribution in [0.2, 0.25) is 0 Å². The minimum Gasteiger partial charge on any atom is -0.497 e. The number of carbonyl (C=O) groups is 1. The first kappa shape index (κ1) is 22.3. The van der Waals surface area contributed by atoms with E-state index < -0.39 is 0 Å². The molecule has 1 aliphatic rings. The van der Waals surface area contributed by atoms with Gasteiger partial charge in [0, 0.05) is 6.42 Å². The number of rotatable bonds is 9. The molecule has 3 unspecified atom stereocenters. The monoisotopic (exact) mass is 426 g/mol. The normalized spacial score (nSPS) is 18.9. The van der Waals surface area contributed by atoms with Crippen molar-refractivity contribution in [3.8, 4) is 5.75 Å². The highest BCUT2D eigenvalue weighted by Crippen LogP contribution is 2.43. The Hall–Kier alpha value is -2.87. The summed E-state index contributed by atoms with van der Waals surface area (Å²) >= 11 is 0. The fourth-order valence-electron chi connectivity index (χ4n) is 5.14. The maximum atomic E-state index is 11.2. The molecular formula is C30H34O2. The summed E-state index contributed by atoms with van der Waals surface area (Å²) in [5.41, 5.74) is 6.79. The molecule has 32 heavy (non-hydrogen) atoms. The number of hydrogen-bond donors (Lipinski definition) is 0. The second kappa shape index (κ2) is 10.6. The van der Waals surface area contributed by atoms with E-state index in [9.17, 15) is 4.79 Å². The van der Waals surface area contributed by atoms with E-state index in [1.807, 2.05) is 0 Å². The van der Waals surface area contributed by atoms with Crippen LogP contribution in [0.15, 0.2) is 72.8 Å².